The highest BCUT2D eigenvalue weighted by atomic mass is 32.2. The van der Waals surface area contributed by atoms with Gasteiger partial charge in [0.05, 0.1) is 0 Å². The van der Waals surface area contributed by atoms with Crippen LogP contribution in [0.4, 0.5) is 0 Å². The minimum Gasteiger partial charge on any atom is -0.153 e. The Labute approximate surface area is 107 Å². The van der Waals surface area contributed by atoms with E-state index in [1.807, 2.05) is 35.7 Å². The van der Waals surface area contributed by atoms with E-state index in [0.29, 0.717) is 0 Å². The fraction of sp³-hybridized carbons (Fsp3) is 0.286. The number of rotatable bonds is 8. The minimum atomic E-state index is 1.02. The van der Waals surface area contributed by atoms with E-state index in [9.17, 15) is 0 Å². The molecule has 0 aliphatic rings. The zero-order valence-electron chi connectivity index (χ0n) is 9.52. The van der Waals surface area contributed by atoms with Gasteiger partial charge in [-0.15, -0.1) is 13.2 Å². The van der Waals surface area contributed by atoms with Gasteiger partial charge in [-0.1, -0.05) is 36.4 Å². The average molecular weight is 250 g/mol. The standard InChI is InChI=1S/C14H18S2/c1-3-9-15-11-13-7-5-6-8-14(13)12-16-10-4-2/h3-8H,1-2,9-12H2. The molecule has 0 unspecified atom stereocenters. The summed E-state index contributed by atoms with van der Waals surface area (Å²) < 4.78 is 0. The van der Waals surface area contributed by atoms with Gasteiger partial charge in [-0.25, -0.2) is 0 Å². The first-order chi connectivity index (χ1) is 7.88. The van der Waals surface area contributed by atoms with Crippen molar-refractivity contribution < 1.29 is 0 Å². The van der Waals surface area contributed by atoms with Gasteiger partial charge in [0.2, 0.25) is 0 Å². The fourth-order valence-corrected chi connectivity index (χ4v) is 2.92. The van der Waals surface area contributed by atoms with Crippen molar-refractivity contribution in [2.75, 3.05) is 11.5 Å². The van der Waals surface area contributed by atoms with Crippen molar-refractivity contribution >= 4 is 23.5 Å². The molecule has 0 fully saturated rings. The van der Waals surface area contributed by atoms with Crippen LogP contribution in [0.5, 0.6) is 0 Å². The van der Waals surface area contributed by atoms with Crippen LogP contribution in [0.1, 0.15) is 11.1 Å². The third-order valence-corrected chi connectivity index (χ3v) is 4.08. The van der Waals surface area contributed by atoms with Gasteiger partial charge < -0.3 is 0 Å². The van der Waals surface area contributed by atoms with Gasteiger partial charge in [-0.2, -0.15) is 23.5 Å². The van der Waals surface area contributed by atoms with E-state index in [0.717, 1.165) is 23.0 Å². The van der Waals surface area contributed by atoms with Crippen molar-refractivity contribution in [2.45, 2.75) is 11.5 Å². The lowest BCUT2D eigenvalue weighted by molar-refractivity contribution is 1.28. The highest BCUT2D eigenvalue weighted by Gasteiger charge is 2.01. The maximum absolute atomic E-state index is 3.74. The molecule has 2 heteroatoms. The van der Waals surface area contributed by atoms with Crippen LogP contribution in [-0.4, -0.2) is 11.5 Å². The molecule has 0 N–H and O–H groups in total. The summed E-state index contributed by atoms with van der Waals surface area (Å²) in [7, 11) is 0. The lowest BCUT2D eigenvalue weighted by atomic mass is 10.1. The van der Waals surface area contributed by atoms with E-state index in [1.165, 1.54) is 11.1 Å². The summed E-state index contributed by atoms with van der Waals surface area (Å²) in [4.78, 5) is 0. The van der Waals surface area contributed by atoms with Crippen molar-refractivity contribution in [2.24, 2.45) is 0 Å². The van der Waals surface area contributed by atoms with Crippen LogP contribution in [0.3, 0.4) is 0 Å². The van der Waals surface area contributed by atoms with Gasteiger partial charge in [0.25, 0.3) is 0 Å². The SMILES string of the molecule is C=CCSCc1ccccc1CSCC=C. The molecule has 0 aliphatic carbocycles. The van der Waals surface area contributed by atoms with Gasteiger partial charge >= 0.3 is 0 Å². The zero-order chi connectivity index (χ0) is 11.6. The van der Waals surface area contributed by atoms with Crippen molar-refractivity contribution in [3.63, 3.8) is 0 Å². The summed E-state index contributed by atoms with van der Waals surface area (Å²) in [5.74, 6) is 4.20. The van der Waals surface area contributed by atoms with Crippen LogP contribution in [0.15, 0.2) is 49.6 Å². The second-order valence-electron chi connectivity index (χ2n) is 3.38. The number of hydrogen-bond acceptors (Lipinski definition) is 2. The second-order valence-corrected chi connectivity index (χ2v) is 5.44. The lowest BCUT2D eigenvalue weighted by Gasteiger charge is -2.07. The summed E-state index contributed by atoms with van der Waals surface area (Å²) in [6.45, 7) is 7.48. The maximum Gasteiger partial charge on any atom is 0.0190 e. The maximum atomic E-state index is 3.74. The molecule has 1 rings (SSSR count). The molecule has 0 radical (unpaired) electrons. The Morgan fingerprint density at radius 3 is 1.69 bits per heavy atom. The van der Waals surface area contributed by atoms with Gasteiger partial charge in [0.15, 0.2) is 0 Å². The summed E-state index contributed by atoms with van der Waals surface area (Å²) in [6.07, 6.45) is 3.92. The molecule has 0 spiro atoms. The Morgan fingerprint density at radius 2 is 1.31 bits per heavy atom. The molecule has 86 valence electrons. The Kier molecular flexibility index (Phi) is 7.19. The van der Waals surface area contributed by atoms with Gasteiger partial charge in [0.1, 0.15) is 0 Å². The molecular formula is C14H18S2. The van der Waals surface area contributed by atoms with Crippen molar-refractivity contribution in [1.29, 1.82) is 0 Å². The smallest absolute Gasteiger partial charge is 0.0190 e. The molecule has 0 atom stereocenters. The summed E-state index contributed by atoms with van der Waals surface area (Å²) in [5.41, 5.74) is 2.90. The predicted molar refractivity (Wildman–Crippen MR) is 79.2 cm³/mol. The summed E-state index contributed by atoms with van der Waals surface area (Å²) >= 11 is 3.82. The number of hydrogen-bond donors (Lipinski definition) is 0. The van der Waals surface area contributed by atoms with Gasteiger partial charge in [-0.05, 0) is 11.1 Å². The van der Waals surface area contributed by atoms with E-state index < -0.39 is 0 Å². The predicted octanol–water partition coefficient (Wildman–Crippen LogP) is 4.53. The topological polar surface area (TPSA) is 0 Å². The Balaban J connectivity index is 2.52. The van der Waals surface area contributed by atoms with E-state index >= 15 is 0 Å². The molecule has 1 aromatic carbocycles. The first-order valence-electron chi connectivity index (χ1n) is 5.32. The average Bonchev–Trinajstić information content (AvgIpc) is 2.32. The van der Waals surface area contributed by atoms with Gasteiger partial charge in [0, 0.05) is 23.0 Å². The molecular weight excluding hydrogens is 232 g/mol. The molecule has 0 amide bonds. The van der Waals surface area contributed by atoms with Crippen LogP contribution in [0, 0.1) is 0 Å². The molecule has 0 nitrogen and oxygen atoms in total. The van der Waals surface area contributed by atoms with E-state index in [1.54, 1.807) is 0 Å². The van der Waals surface area contributed by atoms with Crippen LogP contribution < -0.4 is 0 Å². The van der Waals surface area contributed by atoms with Crippen molar-refractivity contribution in [3.05, 3.63) is 60.7 Å². The van der Waals surface area contributed by atoms with E-state index in [2.05, 4.69) is 37.4 Å². The zero-order valence-corrected chi connectivity index (χ0v) is 11.2. The number of thioether (sulfide) groups is 2. The molecule has 0 bridgehead atoms. The third-order valence-electron chi connectivity index (χ3n) is 2.10. The summed E-state index contributed by atoms with van der Waals surface area (Å²) in [6, 6.07) is 8.68. The Morgan fingerprint density at radius 1 is 0.875 bits per heavy atom. The first kappa shape index (κ1) is 13.5. The Bertz CT molecular complexity index is 298. The van der Waals surface area contributed by atoms with Gasteiger partial charge in [-0.3, -0.25) is 0 Å². The summed E-state index contributed by atoms with van der Waals surface area (Å²) in [5, 5.41) is 0. The fourth-order valence-electron chi connectivity index (χ4n) is 1.34. The van der Waals surface area contributed by atoms with Crippen LogP contribution >= 0.6 is 23.5 Å². The molecule has 0 aliphatic heterocycles. The van der Waals surface area contributed by atoms with Crippen LogP contribution in [0.25, 0.3) is 0 Å². The molecule has 0 saturated heterocycles. The van der Waals surface area contributed by atoms with Crippen molar-refractivity contribution in [3.8, 4) is 0 Å². The largest absolute Gasteiger partial charge is 0.153 e. The molecule has 0 saturated carbocycles. The second kappa shape index (κ2) is 8.54. The number of benzene rings is 1. The quantitative estimate of drug-likeness (QED) is 0.491. The van der Waals surface area contributed by atoms with Crippen molar-refractivity contribution in [1.82, 2.24) is 0 Å². The Hall–Kier alpha value is -0.600. The molecule has 0 heterocycles. The molecule has 0 aromatic heterocycles. The molecule has 16 heavy (non-hydrogen) atoms. The minimum absolute atomic E-state index is 1.02. The van der Waals surface area contributed by atoms with Crippen LogP contribution in [-0.2, 0) is 11.5 Å². The van der Waals surface area contributed by atoms with E-state index in [4.69, 9.17) is 0 Å². The molecule has 1 aromatic rings. The highest BCUT2D eigenvalue weighted by molar-refractivity contribution is 7.99. The van der Waals surface area contributed by atoms with E-state index in [-0.39, 0.29) is 0 Å². The first-order valence-corrected chi connectivity index (χ1v) is 7.63. The normalized spacial score (nSPS) is 10.0. The third kappa shape index (κ3) is 4.95. The highest BCUT2D eigenvalue weighted by Crippen LogP contribution is 2.21. The monoisotopic (exact) mass is 250 g/mol. The van der Waals surface area contributed by atoms with Crippen LogP contribution in [0.2, 0.25) is 0 Å². The lowest BCUT2D eigenvalue weighted by Crippen LogP contribution is -1.91.